The van der Waals surface area contributed by atoms with Gasteiger partial charge in [-0.1, -0.05) is 35.3 Å². The second-order valence-electron chi connectivity index (χ2n) is 13.2. The van der Waals surface area contributed by atoms with Crippen LogP contribution in [0.4, 0.5) is 11.6 Å². The Morgan fingerprint density at radius 3 is 2.30 bits per heavy atom. The fourth-order valence-corrected chi connectivity index (χ4v) is 7.20. The zero-order valence-corrected chi connectivity index (χ0v) is 28.2. The molecule has 5 aromatic rings. The number of aromatic amines is 1. The molecule has 1 atom stereocenters. The smallest absolute Gasteiger partial charge is 0.270 e. The number of nitrogens with zero attached hydrogens (tertiary/aromatic N) is 6. The Hall–Kier alpha value is -5.51. The maximum Gasteiger partial charge on any atom is 0.270 e. The van der Waals surface area contributed by atoms with Crippen LogP contribution in [0.3, 0.4) is 0 Å². The van der Waals surface area contributed by atoms with Crippen LogP contribution >= 0.6 is 23.2 Å². The second-order valence-corrected chi connectivity index (χ2v) is 14.1. The van der Waals surface area contributed by atoms with Gasteiger partial charge in [0, 0.05) is 40.6 Å². The summed E-state index contributed by atoms with van der Waals surface area (Å²) in [4.78, 5) is 60.2. The molecule has 3 aromatic heterocycles. The molecule has 1 aliphatic heterocycles. The van der Waals surface area contributed by atoms with Gasteiger partial charge in [0.2, 0.25) is 11.9 Å². The van der Waals surface area contributed by atoms with E-state index in [1.165, 1.54) is 11.1 Å². The highest BCUT2D eigenvalue weighted by atomic mass is 35.5. The number of imidazole rings is 2. The Morgan fingerprint density at radius 1 is 0.960 bits per heavy atom. The highest BCUT2D eigenvalue weighted by molar-refractivity contribution is 6.35. The van der Waals surface area contributed by atoms with Crippen molar-refractivity contribution in [3.05, 3.63) is 112 Å². The van der Waals surface area contributed by atoms with Crippen LogP contribution in [0.1, 0.15) is 59.9 Å². The van der Waals surface area contributed by atoms with Crippen molar-refractivity contribution in [2.45, 2.75) is 55.6 Å². The molecule has 0 unspecified atom stereocenters. The van der Waals surface area contributed by atoms with Crippen molar-refractivity contribution in [1.82, 2.24) is 35.1 Å². The number of nitrogens with one attached hydrogen (secondary N) is 3. The minimum absolute atomic E-state index is 0.121. The van der Waals surface area contributed by atoms with Crippen molar-refractivity contribution in [1.29, 1.82) is 5.26 Å². The van der Waals surface area contributed by atoms with E-state index in [1.807, 2.05) is 12.1 Å². The van der Waals surface area contributed by atoms with Crippen LogP contribution in [0, 0.1) is 11.3 Å². The van der Waals surface area contributed by atoms with E-state index in [2.05, 4.69) is 36.6 Å². The molecule has 3 N–H and O–H groups in total. The molecule has 14 heteroatoms. The van der Waals surface area contributed by atoms with Crippen molar-refractivity contribution in [2.24, 2.45) is 0 Å². The lowest BCUT2D eigenvalue weighted by Crippen LogP contribution is -2.52. The van der Waals surface area contributed by atoms with Crippen molar-refractivity contribution in [3.8, 4) is 17.5 Å². The average Bonchev–Trinajstić information content (AvgIpc) is 3.90. The number of rotatable bonds is 9. The fraction of sp³-hybridized carbons (Fsp3) is 0.250. The van der Waals surface area contributed by atoms with Crippen LogP contribution in [0.5, 0.6) is 0 Å². The summed E-state index contributed by atoms with van der Waals surface area (Å²) in [7, 11) is 0. The summed E-state index contributed by atoms with van der Waals surface area (Å²) in [5.41, 5.74) is 0.320. The predicted molar refractivity (Wildman–Crippen MR) is 185 cm³/mol. The van der Waals surface area contributed by atoms with Crippen LogP contribution in [-0.4, -0.2) is 47.8 Å². The average molecular weight is 707 g/mol. The van der Waals surface area contributed by atoms with E-state index < -0.39 is 22.5 Å². The second kappa shape index (κ2) is 11.5. The molecule has 2 aliphatic carbocycles. The number of amides is 3. The molecular weight excluding hydrogens is 677 g/mol. The van der Waals surface area contributed by atoms with Gasteiger partial charge in [-0.3, -0.25) is 23.9 Å². The quantitative estimate of drug-likeness (QED) is 0.181. The van der Waals surface area contributed by atoms with Gasteiger partial charge in [0.25, 0.3) is 11.8 Å². The monoisotopic (exact) mass is 705 g/mol. The topological polar surface area (TPSA) is 162 Å². The first-order valence-electron chi connectivity index (χ1n) is 16.0. The van der Waals surface area contributed by atoms with Crippen molar-refractivity contribution < 1.29 is 14.4 Å². The van der Waals surface area contributed by atoms with E-state index in [4.69, 9.17) is 23.2 Å². The summed E-state index contributed by atoms with van der Waals surface area (Å²) in [5, 5.41) is 16.1. The number of hydrogen-bond acceptors (Lipinski definition) is 7. The summed E-state index contributed by atoms with van der Waals surface area (Å²) >= 11 is 12.7. The summed E-state index contributed by atoms with van der Waals surface area (Å²) in [6.07, 6.45) is 9.11. The normalized spacial score (nSPS) is 19.4. The number of nitriles is 1. The number of halogens is 2. The molecule has 0 spiro atoms. The minimum atomic E-state index is -1.31. The lowest BCUT2D eigenvalue weighted by atomic mass is 9.91. The van der Waals surface area contributed by atoms with Crippen LogP contribution < -0.4 is 15.5 Å². The molecule has 2 saturated carbocycles. The molecule has 2 aromatic carbocycles. The zero-order chi connectivity index (χ0) is 34.8. The molecule has 2 fully saturated rings. The standard InChI is InChI=1S/C36H29Cl2N9O3/c1-34(17-21-2-4-22(18-39)5-3-21)32(50)46(26-15-24(37)14-25(38)16-26)33-43-20-27(47(33)34)30(48)44-36(10-11-36)31(49)45-35(8-9-35)28-7-6-23(19-42-28)29-40-12-13-41-29/h2-7,12-16,19-20H,8-11,17H2,1H3,(H,40,41)(H,44,48)(H,45,49)/t34-/m1/s1. The third-order valence-electron chi connectivity index (χ3n) is 9.74. The first-order valence-corrected chi connectivity index (χ1v) is 16.8. The number of aromatic nitrogens is 5. The molecule has 0 radical (unpaired) electrons. The van der Waals surface area contributed by atoms with Crippen molar-refractivity contribution >= 4 is 52.6 Å². The molecule has 12 nitrogen and oxygen atoms in total. The largest absolute Gasteiger partial charge is 0.345 e. The highest BCUT2D eigenvalue weighted by Gasteiger charge is 2.57. The van der Waals surface area contributed by atoms with E-state index in [-0.39, 0.29) is 29.9 Å². The number of carbonyl (C=O) groups excluding carboxylic acids is 3. The molecule has 250 valence electrons. The van der Waals surface area contributed by atoms with E-state index >= 15 is 0 Å². The van der Waals surface area contributed by atoms with Gasteiger partial charge >= 0.3 is 0 Å². The Bertz CT molecular complexity index is 2200. The number of benzene rings is 2. The Labute approximate surface area is 296 Å². The SMILES string of the molecule is C[C@@]1(Cc2ccc(C#N)cc2)C(=O)N(c2cc(Cl)cc(Cl)c2)c2ncc(C(=O)NC3(C(=O)NC4(c5ccc(-c6ncc[nH]6)cn5)CC4)CC3)n21. The maximum atomic E-state index is 14.4. The maximum absolute atomic E-state index is 14.4. The van der Waals surface area contributed by atoms with Gasteiger partial charge in [0.15, 0.2) is 0 Å². The first kappa shape index (κ1) is 31.7. The van der Waals surface area contributed by atoms with Gasteiger partial charge in [-0.15, -0.1) is 0 Å². The van der Waals surface area contributed by atoms with Crippen LogP contribution in [0.15, 0.2) is 79.4 Å². The van der Waals surface area contributed by atoms with Gasteiger partial charge in [-0.05, 0) is 80.6 Å². The summed E-state index contributed by atoms with van der Waals surface area (Å²) in [5.74, 6) is -0.249. The summed E-state index contributed by atoms with van der Waals surface area (Å²) in [6, 6.07) is 17.6. The molecule has 0 bridgehead atoms. The first-order chi connectivity index (χ1) is 24.0. The minimum Gasteiger partial charge on any atom is -0.345 e. The molecule has 4 heterocycles. The number of fused-ring (bicyclic) bond motifs is 1. The summed E-state index contributed by atoms with van der Waals surface area (Å²) < 4.78 is 1.61. The van der Waals surface area contributed by atoms with E-state index in [9.17, 15) is 19.6 Å². The molecule has 50 heavy (non-hydrogen) atoms. The van der Waals surface area contributed by atoms with E-state index in [1.54, 1.807) is 72.5 Å². The Morgan fingerprint density at radius 2 is 1.70 bits per heavy atom. The van der Waals surface area contributed by atoms with Gasteiger partial charge < -0.3 is 15.6 Å². The number of carbonyl (C=O) groups is 3. The molecule has 8 rings (SSSR count). The van der Waals surface area contributed by atoms with E-state index in [0.717, 1.165) is 29.7 Å². The molecule has 3 amide bonds. The lowest BCUT2D eigenvalue weighted by Gasteiger charge is -2.27. The summed E-state index contributed by atoms with van der Waals surface area (Å²) in [6.45, 7) is 1.74. The van der Waals surface area contributed by atoms with Crippen molar-refractivity contribution in [3.63, 3.8) is 0 Å². The number of hydrogen-bond donors (Lipinski definition) is 3. The number of anilines is 2. The predicted octanol–water partition coefficient (Wildman–Crippen LogP) is 5.55. The lowest BCUT2D eigenvalue weighted by molar-refractivity contribution is -0.125. The Balaban J connectivity index is 1.08. The zero-order valence-electron chi connectivity index (χ0n) is 26.7. The molecule has 0 saturated heterocycles. The van der Waals surface area contributed by atoms with Crippen LogP contribution in [0.25, 0.3) is 11.4 Å². The third-order valence-corrected chi connectivity index (χ3v) is 10.2. The molecule has 3 aliphatic rings. The van der Waals surface area contributed by atoms with Gasteiger partial charge in [0.1, 0.15) is 22.6 Å². The number of pyridine rings is 1. The Kier molecular flexibility index (Phi) is 7.32. The van der Waals surface area contributed by atoms with Crippen LogP contribution in [0.2, 0.25) is 10.0 Å². The fourth-order valence-electron chi connectivity index (χ4n) is 6.69. The highest BCUT2D eigenvalue weighted by Crippen LogP contribution is 2.48. The van der Waals surface area contributed by atoms with Crippen LogP contribution in [-0.2, 0) is 27.1 Å². The third kappa shape index (κ3) is 5.30. The van der Waals surface area contributed by atoms with Gasteiger partial charge in [0.05, 0.1) is 34.7 Å². The van der Waals surface area contributed by atoms with Gasteiger partial charge in [-0.2, -0.15) is 5.26 Å². The van der Waals surface area contributed by atoms with E-state index in [0.29, 0.717) is 40.0 Å². The molecular formula is C36H29Cl2N9O3. The number of H-pyrrole nitrogens is 1. The van der Waals surface area contributed by atoms with Crippen molar-refractivity contribution in [2.75, 3.05) is 4.90 Å². The van der Waals surface area contributed by atoms with Gasteiger partial charge in [-0.25, -0.2) is 14.9 Å².